The van der Waals surface area contributed by atoms with E-state index in [0.717, 1.165) is 17.9 Å². The highest BCUT2D eigenvalue weighted by Gasteiger charge is 2.14. The van der Waals surface area contributed by atoms with Gasteiger partial charge in [-0.2, -0.15) is 5.26 Å². The topological polar surface area (TPSA) is 75.6 Å². The van der Waals surface area contributed by atoms with Crippen LogP contribution in [0.2, 0.25) is 0 Å². The van der Waals surface area contributed by atoms with Crippen LogP contribution in [0.1, 0.15) is 36.2 Å². The first-order chi connectivity index (χ1) is 10.5. The quantitative estimate of drug-likeness (QED) is 0.672. The average molecular weight is 312 g/mol. The van der Waals surface area contributed by atoms with Crippen molar-refractivity contribution in [2.75, 3.05) is 5.73 Å². The van der Waals surface area contributed by atoms with E-state index in [4.69, 9.17) is 5.73 Å². The third kappa shape index (κ3) is 3.99. The number of nitriles is 1. The number of nitrogen functional groups attached to an aromatic ring is 1. The van der Waals surface area contributed by atoms with E-state index in [0.29, 0.717) is 16.6 Å². The number of nitrogens with zero attached hydrogens (tertiary/aromatic N) is 3. The average Bonchev–Trinajstić information content (AvgIpc) is 2.45. The van der Waals surface area contributed by atoms with Gasteiger partial charge in [0.15, 0.2) is 5.16 Å². The second kappa shape index (κ2) is 7.28. The Morgan fingerprint density at radius 1 is 1.27 bits per heavy atom. The van der Waals surface area contributed by atoms with Gasteiger partial charge in [-0.25, -0.2) is 9.97 Å². The van der Waals surface area contributed by atoms with Crippen molar-refractivity contribution in [3.63, 3.8) is 0 Å². The van der Waals surface area contributed by atoms with Crippen molar-refractivity contribution in [2.24, 2.45) is 5.92 Å². The molecule has 0 aliphatic rings. The lowest BCUT2D eigenvalue weighted by Gasteiger charge is -2.10. The van der Waals surface area contributed by atoms with Crippen LogP contribution in [0.5, 0.6) is 0 Å². The minimum atomic E-state index is 0.278. The Hall–Kier alpha value is -2.06. The zero-order valence-corrected chi connectivity index (χ0v) is 13.9. The summed E-state index contributed by atoms with van der Waals surface area (Å²) in [6.45, 7) is 6.28. The second-order valence-electron chi connectivity index (χ2n) is 5.64. The predicted molar refractivity (Wildman–Crippen MR) is 90.4 cm³/mol. The molecule has 5 heteroatoms. The van der Waals surface area contributed by atoms with Gasteiger partial charge in [-0.3, -0.25) is 0 Å². The molecule has 0 aliphatic heterocycles. The Kier molecular flexibility index (Phi) is 5.40. The van der Waals surface area contributed by atoms with Crippen molar-refractivity contribution in [2.45, 2.75) is 38.1 Å². The molecule has 2 rings (SSSR count). The first-order valence-electron chi connectivity index (χ1n) is 7.25. The molecule has 0 aliphatic carbocycles. The molecule has 0 radical (unpaired) electrons. The highest BCUT2D eigenvalue weighted by atomic mass is 32.2. The third-order valence-electron chi connectivity index (χ3n) is 3.32. The Balaban J connectivity index is 2.23. The maximum Gasteiger partial charge on any atom is 0.190 e. The lowest BCUT2D eigenvalue weighted by atomic mass is 10.0. The van der Waals surface area contributed by atoms with Gasteiger partial charge in [0, 0.05) is 5.75 Å². The summed E-state index contributed by atoms with van der Waals surface area (Å²) in [6, 6.07) is 10.4. The van der Waals surface area contributed by atoms with Crippen LogP contribution in [-0.2, 0) is 12.2 Å². The molecule has 4 nitrogen and oxygen atoms in total. The van der Waals surface area contributed by atoms with Crippen LogP contribution in [0.4, 0.5) is 5.82 Å². The van der Waals surface area contributed by atoms with Crippen molar-refractivity contribution in [3.8, 4) is 6.07 Å². The summed E-state index contributed by atoms with van der Waals surface area (Å²) < 4.78 is 0. The van der Waals surface area contributed by atoms with Crippen molar-refractivity contribution in [1.29, 1.82) is 5.26 Å². The Morgan fingerprint density at radius 3 is 2.64 bits per heavy atom. The number of hydrogen-bond acceptors (Lipinski definition) is 5. The maximum atomic E-state index is 9.23. The number of anilines is 1. The van der Waals surface area contributed by atoms with Crippen molar-refractivity contribution >= 4 is 17.6 Å². The van der Waals surface area contributed by atoms with Gasteiger partial charge in [0.2, 0.25) is 0 Å². The Bertz CT molecular complexity index is 704. The molecule has 22 heavy (non-hydrogen) atoms. The van der Waals surface area contributed by atoms with Gasteiger partial charge in [-0.1, -0.05) is 49.9 Å². The lowest BCUT2D eigenvalue weighted by molar-refractivity contribution is 0.627. The standard InChI is InChI=1S/C17H20N4S/c1-11(2)8-15-14(9-18)16(19)21-17(20-15)22-10-13-7-5-4-6-12(13)3/h4-7,11H,8,10H2,1-3H3,(H2,19,20,21). The second-order valence-corrected chi connectivity index (χ2v) is 6.58. The molecule has 2 N–H and O–H groups in total. The van der Waals surface area contributed by atoms with Crippen LogP contribution in [0, 0.1) is 24.2 Å². The Labute approximate surface area is 135 Å². The van der Waals surface area contributed by atoms with Crippen LogP contribution >= 0.6 is 11.8 Å². The molecule has 0 fully saturated rings. The molecule has 0 bridgehead atoms. The molecule has 2 aromatic rings. The molecule has 114 valence electrons. The number of nitrogens with two attached hydrogens (primary N) is 1. The monoisotopic (exact) mass is 312 g/mol. The van der Waals surface area contributed by atoms with E-state index in [1.807, 2.05) is 12.1 Å². The van der Waals surface area contributed by atoms with E-state index in [1.54, 1.807) is 11.8 Å². The molecule has 1 heterocycles. The van der Waals surface area contributed by atoms with Crippen LogP contribution in [0.15, 0.2) is 29.4 Å². The number of hydrogen-bond donors (Lipinski definition) is 1. The molecule has 0 unspecified atom stereocenters. The van der Waals surface area contributed by atoms with Gasteiger partial charge >= 0.3 is 0 Å². The van der Waals surface area contributed by atoms with Crippen molar-refractivity contribution in [3.05, 3.63) is 46.6 Å². The fraction of sp³-hybridized carbons (Fsp3) is 0.353. The van der Waals surface area contributed by atoms with Crippen LogP contribution in [0.3, 0.4) is 0 Å². The summed E-state index contributed by atoms with van der Waals surface area (Å²) in [7, 11) is 0. The fourth-order valence-corrected chi connectivity index (χ4v) is 3.08. The molecule has 0 atom stereocenters. The van der Waals surface area contributed by atoms with E-state index in [9.17, 15) is 5.26 Å². The van der Waals surface area contributed by atoms with Crippen LogP contribution in [-0.4, -0.2) is 9.97 Å². The molecule has 0 spiro atoms. The van der Waals surface area contributed by atoms with Gasteiger partial charge < -0.3 is 5.73 Å². The van der Waals surface area contributed by atoms with Gasteiger partial charge in [-0.05, 0) is 30.4 Å². The minimum Gasteiger partial charge on any atom is -0.382 e. The van der Waals surface area contributed by atoms with E-state index >= 15 is 0 Å². The van der Waals surface area contributed by atoms with E-state index < -0.39 is 0 Å². The summed E-state index contributed by atoms with van der Waals surface area (Å²) in [4.78, 5) is 8.80. The number of thioether (sulfide) groups is 1. The SMILES string of the molecule is Cc1ccccc1CSc1nc(N)c(C#N)c(CC(C)C)n1. The van der Waals surface area contributed by atoms with E-state index in [-0.39, 0.29) is 5.82 Å². The largest absolute Gasteiger partial charge is 0.382 e. The normalized spacial score (nSPS) is 10.7. The fourth-order valence-electron chi connectivity index (χ4n) is 2.14. The zero-order valence-electron chi connectivity index (χ0n) is 13.1. The smallest absolute Gasteiger partial charge is 0.190 e. The molecule has 0 saturated carbocycles. The first-order valence-corrected chi connectivity index (χ1v) is 8.23. The highest BCUT2D eigenvalue weighted by molar-refractivity contribution is 7.98. The van der Waals surface area contributed by atoms with Crippen molar-refractivity contribution in [1.82, 2.24) is 9.97 Å². The highest BCUT2D eigenvalue weighted by Crippen LogP contribution is 2.25. The number of rotatable bonds is 5. The predicted octanol–water partition coefficient (Wildman–Crippen LogP) is 3.73. The first kappa shape index (κ1) is 16.3. The molecule has 1 aromatic heterocycles. The zero-order chi connectivity index (χ0) is 16.1. The number of benzene rings is 1. The van der Waals surface area contributed by atoms with Crippen molar-refractivity contribution < 1.29 is 0 Å². The van der Waals surface area contributed by atoms with E-state index in [1.165, 1.54) is 11.1 Å². The van der Waals surface area contributed by atoms with E-state index in [2.05, 4.69) is 48.9 Å². The lowest BCUT2D eigenvalue weighted by Crippen LogP contribution is -2.07. The van der Waals surface area contributed by atoms with Crippen LogP contribution in [0.25, 0.3) is 0 Å². The maximum absolute atomic E-state index is 9.23. The molecular weight excluding hydrogens is 292 g/mol. The number of aryl methyl sites for hydroxylation is 1. The van der Waals surface area contributed by atoms with Gasteiger partial charge in [-0.15, -0.1) is 0 Å². The summed E-state index contributed by atoms with van der Waals surface area (Å²) in [5.74, 6) is 1.48. The van der Waals surface area contributed by atoms with Crippen LogP contribution < -0.4 is 5.73 Å². The summed E-state index contributed by atoms with van der Waals surface area (Å²) >= 11 is 1.55. The summed E-state index contributed by atoms with van der Waals surface area (Å²) in [5, 5.41) is 9.87. The summed E-state index contributed by atoms with van der Waals surface area (Å²) in [5.41, 5.74) is 9.58. The number of aromatic nitrogens is 2. The van der Waals surface area contributed by atoms with Gasteiger partial charge in [0.25, 0.3) is 0 Å². The molecule has 0 saturated heterocycles. The molecule has 1 aromatic carbocycles. The molecular formula is C17H20N4S. The third-order valence-corrected chi connectivity index (χ3v) is 4.22. The molecule has 0 amide bonds. The summed E-state index contributed by atoms with van der Waals surface area (Å²) in [6.07, 6.45) is 0.730. The van der Waals surface area contributed by atoms with Gasteiger partial charge in [0.05, 0.1) is 5.69 Å². The minimum absolute atomic E-state index is 0.278. The Morgan fingerprint density at radius 2 is 2.00 bits per heavy atom. The van der Waals surface area contributed by atoms with Gasteiger partial charge in [0.1, 0.15) is 17.5 Å².